The van der Waals surface area contributed by atoms with Crippen molar-refractivity contribution in [3.05, 3.63) is 66.5 Å². The van der Waals surface area contributed by atoms with Gasteiger partial charge in [-0.2, -0.15) is 18.3 Å². The highest BCUT2D eigenvalue weighted by molar-refractivity contribution is 5.57. The van der Waals surface area contributed by atoms with Crippen LogP contribution in [0, 0.1) is 0 Å². The van der Waals surface area contributed by atoms with Crippen molar-refractivity contribution >= 4 is 0 Å². The third-order valence-corrected chi connectivity index (χ3v) is 3.02. The molecule has 0 unspecified atom stereocenters. The molecule has 2 aromatic carbocycles. The number of nitrogens with zero attached hydrogens (tertiary/aromatic N) is 3. The molecular weight excluding hydrogens is 279 g/mol. The summed E-state index contributed by atoms with van der Waals surface area (Å²) in [5.74, 6) is 0.579. The zero-order valence-electron chi connectivity index (χ0n) is 10.7. The van der Waals surface area contributed by atoms with E-state index in [0.29, 0.717) is 11.5 Å². The van der Waals surface area contributed by atoms with Crippen LogP contribution in [0.15, 0.2) is 60.9 Å². The molecule has 0 aliphatic heterocycles. The van der Waals surface area contributed by atoms with Crippen molar-refractivity contribution < 1.29 is 13.2 Å². The van der Waals surface area contributed by atoms with Crippen LogP contribution in [0.5, 0.6) is 0 Å². The maximum absolute atomic E-state index is 12.6. The molecular formula is C15H10F3N3. The molecule has 0 amide bonds. The molecule has 1 heterocycles. The van der Waals surface area contributed by atoms with Crippen LogP contribution in [0.1, 0.15) is 5.56 Å². The smallest absolute Gasteiger partial charge is 0.215 e. The van der Waals surface area contributed by atoms with Gasteiger partial charge in [0.1, 0.15) is 6.33 Å². The lowest BCUT2D eigenvalue weighted by atomic mass is 10.2. The summed E-state index contributed by atoms with van der Waals surface area (Å²) < 4.78 is 39.2. The SMILES string of the molecule is FC(F)(F)c1ccc(-n2ncnc2-c2ccccc2)cc1. The normalized spacial score (nSPS) is 11.6. The fourth-order valence-electron chi connectivity index (χ4n) is 2.01. The van der Waals surface area contributed by atoms with E-state index in [-0.39, 0.29) is 0 Å². The number of alkyl halides is 3. The zero-order chi connectivity index (χ0) is 14.9. The molecule has 0 aliphatic carbocycles. The highest BCUT2D eigenvalue weighted by atomic mass is 19.4. The number of aromatic nitrogens is 3. The van der Waals surface area contributed by atoms with Crippen molar-refractivity contribution in [1.29, 1.82) is 0 Å². The summed E-state index contributed by atoms with van der Waals surface area (Å²) in [4.78, 5) is 4.16. The summed E-state index contributed by atoms with van der Waals surface area (Å²) in [6.45, 7) is 0. The standard InChI is InChI=1S/C15H10F3N3/c16-15(17,18)12-6-8-13(9-7-12)21-14(19-10-20-21)11-4-2-1-3-5-11/h1-10H. The van der Waals surface area contributed by atoms with Crippen molar-refractivity contribution in [1.82, 2.24) is 14.8 Å². The van der Waals surface area contributed by atoms with Gasteiger partial charge in [-0.15, -0.1) is 0 Å². The number of halogens is 3. The van der Waals surface area contributed by atoms with Crippen LogP contribution in [-0.2, 0) is 6.18 Å². The molecule has 0 bridgehead atoms. The maximum atomic E-state index is 12.6. The molecule has 6 heteroatoms. The Morgan fingerprint density at radius 2 is 1.52 bits per heavy atom. The molecule has 21 heavy (non-hydrogen) atoms. The summed E-state index contributed by atoms with van der Waals surface area (Å²) in [6.07, 6.45) is -2.97. The van der Waals surface area contributed by atoms with Crippen LogP contribution in [0.25, 0.3) is 17.1 Å². The molecule has 106 valence electrons. The van der Waals surface area contributed by atoms with E-state index in [4.69, 9.17) is 0 Å². The first kappa shape index (κ1) is 13.4. The van der Waals surface area contributed by atoms with Crippen LogP contribution >= 0.6 is 0 Å². The average molecular weight is 289 g/mol. The summed E-state index contributed by atoms with van der Waals surface area (Å²) in [7, 11) is 0. The van der Waals surface area contributed by atoms with Gasteiger partial charge in [0.25, 0.3) is 0 Å². The van der Waals surface area contributed by atoms with Gasteiger partial charge in [0.05, 0.1) is 11.3 Å². The molecule has 0 aliphatic rings. The molecule has 3 rings (SSSR count). The molecule has 0 spiro atoms. The topological polar surface area (TPSA) is 30.7 Å². The lowest BCUT2D eigenvalue weighted by Crippen LogP contribution is -2.05. The van der Waals surface area contributed by atoms with E-state index >= 15 is 0 Å². The van der Waals surface area contributed by atoms with Gasteiger partial charge in [-0.1, -0.05) is 30.3 Å². The van der Waals surface area contributed by atoms with Gasteiger partial charge in [-0.05, 0) is 24.3 Å². The number of benzene rings is 2. The Kier molecular flexibility index (Phi) is 3.21. The highest BCUT2D eigenvalue weighted by Gasteiger charge is 2.30. The lowest BCUT2D eigenvalue weighted by molar-refractivity contribution is -0.137. The Morgan fingerprint density at radius 1 is 0.857 bits per heavy atom. The Balaban J connectivity index is 2.01. The second-order valence-corrected chi connectivity index (χ2v) is 4.41. The molecule has 0 N–H and O–H groups in total. The van der Waals surface area contributed by atoms with E-state index in [1.54, 1.807) is 0 Å². The molecule has 0 atom stereocenters. The van der Waals surface area contributed by atoms with Crippen molar-refractivity contribution in [2.24, 2.45) is 0 Å². The predicted octanol–water partition coefficient (Wildman–Crippen LogP) is 3.95. The van der Waals surface area contributed by atoms with Gasteiger partial charge < -0.3 is 0 Å². The third-order valence-electron chi connectivity index (χ3n) is 3.02. The molecule has 3 nitrogen and oxygen atoms in total. The van der Waals surface area contributed by atoms with E-state index in [1.807, 2.05) is 30.3 Å². The number of hydrogen-bond acceptors (Lipinski definition) is 2. The summed E-state index contributed by atoms with van der Waals surface area (Å²) in [6, 6.07) is 14.2. The molecule has 3 aromatic rings. The van der Waals surface area contributed by atoms with Crippen LogP contribution in [-0.4, -0.2) is 14.8 Å². The quantitative estimate of drug-likeness (QED) is 0.715. The highest BCUT2D eigenvalue weighted by Crippen LogP contribution is 2.30. The minimum absolute atomic E-state index is 0.527. The van der Waals surface area contributed by atoms with Crippen LogP contribution < -0.4 is 0 Å². The minimum atomic E-state index is -4.34. The van der Waals surface area contributed by atoms with Crippen molar-refractivity contribution in [2.45, 2.75) is 6.18 Å². The second-order valence-electron chi connectivity index (χ2n) is 4.41. The number of rotatable bonds is 2. The van der Waals surface area contributed by atoms with Crippen molar-refractivity contribution in [3.8, 4) is 17.1 Å². The van der Waals surface area contributed by atoms with Crippen LogP contribution in [0.2, 0.25) is 0 Å². The summed E-state index contributed by atoms with van der Waals surface area (Å²) in [5.41, 5.74) is 0.682. The van der Waals surface area contributed by atoms with E-state index in [9.17, 15) is 13.2 Å². The molecule has 0 saturated heterocycles. The van der Waals surface area contributed by atoms with E-state index in [2.05, 4.69) is 10.1 Å². The van der Waals surface area contributed by atoms with Gasteiger partial charge in [-0.25, -0.2) is 9.67 Å². The first-order valence-electron chi connectivity index (χ1n) is 6.19. The van der Waals surface area contributed by atoms with Gasteiger partial charge in [0, 0.05) is 5.56 Å². The fraction of sp³-hybridized carbons (Fsp3) is 0.0667. The Hall–Kier alpha value is -2.63. The van der Waals surface area contributed by atoms with E-state index in [0.717, 1.165) is 17.7 Å². The molecule has 0 radical (unpaired) electrons. The first-order valence-corrected chi connectivity index (χ1v) is 6.19. The minimum Gasteiger partial charge on any atom is -0.215 e. The summed E-state index contributed by atoms with van der Waals surface area (Å²) in [5, 5.41) is 4.08. The molecule has 0 fully saturated rings. The lowest BCUT2D eigenvalue weighted by Gasteiger charge is -2.09. The Bertz CT molecular complexity index is 731. The van der Waals surface area contributed by atoms with Crippen LogP contribution in [0.4, 0.5) is 13.2 Å². The average Bonchev–Trinajstić information content (AvgIpc) is 2.97. The Morgan fingerprint density at radius 3 is 2.14 bits per heavy atom. The van der Waals surface area contributed by atoms with Gasteiger partial charge >= 0.3 is 6.18 Å². The molecule has 0 saturated carbocycles. The summed E-state index contributed by atoms with van der Waals surface area (Å²) >= 11 is 0. The Labute approximate surface area is 118 Å². The predicted molar refractivity (Wildman–Crippen MR) is 71.8 cm³/mol. The number of hydrogen-bond donors (Lipinski definition) is 0. The van der Waals surface area contributed by atoms with Crippen molar-refractivity contribution in [3.63, 3.8) is 0 Å². The molecule has 1 aromatic heterocycles. The van der Waals surface area contributed by atoms with Gasteiger partial charge in [-0.3, -0.25) is 0 Å². The monoisotopic (exact) mass is 289 g/mol. The van der Waals surface area contributed by atoms with E-state index in [1.165, 1.54) is 23.1 Å². The third kappa shape index (κ3) is 2.65. The fourth-order valence-corrected chi connectivity index (χ4v) is 2.01. The van der Waals surface area contributed by atoms with E-state index < -0.39 is 11.7 Å². The maximum Gasteiger partial charge on any atom is 0.416 e. The largest absolute Gasteiger partial charge is 0.416 e. The van der Waals surface area contributed by atoms with Crippen LogP contribution in [0.3, 0.4) is 0 Å². The van der Waals surface area contributed by atoms with Gasteiger partial charge in [0.15, 0.2) is 5.82 Å². The first-order chi connectivity index (χ1) is 10.1. The zero-order valence-corrected chi connectivity index (χ0v) is 10.7. The second kappa shape index (κ2) is 5.05. The van der Waals surface area contributed by atoms with Gasteiger partial charge in [0.2, 0.25) is 0 Å². The van der Waals surface area contributed by atoms with Crippen molar-refractivity contribution in [2.75, 3.05) is 0 Å².